The van der Waals surface area contributed by atoms with Crippen LogP contribution in [0.3, 0.4) is 0 Å². The first-order chi connectivity index (χ1) is 14.0. The van der Waals surface area contributed by atoms with Crippen LogP contribution < -0.4 is 79.5 Å². The molecule has 3 rings (SSSR count). The summed E-state index contributed by atoms with van der Waals surface area (Å²) in [5.41, 5.74) is 1.46. The molecular weight excluding hydrogens is 438 g/mol. The molecular formula is C21H20N2Na2O5S. The van der Waals surface area contributed by atoms with Crippen molar-refractivity contribution in [1.29, 1.82) is 0 Å². The molecule has 7 nitrogen and oxygen atoms in total. The second-order valence-electron chi connectivity index (χ2n) is 6.69. The number of rotatable bonds is 8. The molecule has 2 aromatic carbocycles. The van der Waals surface area contributed by atoms with E-state index in [1.807, 2.05) is 30.3 Å². The van der Waals surface area contributed by atoms with Crippen LogP contribution in [0.2, 0.25) is 0 Å². The maximum absolute atomic E-state index is 13.0. The summed E-state index contributed by atoms with van der Waals surface area (Å²) in [6.45, 7) is -0.603. The van der Waals surface area contributed by atoms with Gasteiger partial charge in [-0.05, 0) is 30.5 Å². The van der Waals surface area contributed by atoms with Crippen molar-refractivity contribution in [2.45, 2.75) is 29.8 Å². The van der Waals surface area contributed by atoms with Gasteiger partial charge < -0.3 is 24.7 Å². The molecule has 0 bridgehead atoms. The number of hydrogen-bond donors (Lipinski definition) is 1. The van der Waals surface area contributed by atoms with Crippen LogP contribution in [0.25, 0.3) is 0 Å². The molecule has 0 aliphatic carbocycles. The molecule has 1 amide bonds. The minimum atomic E-state index is -1.39. The van der Waals surface area contributed by atoms with Crippen LogP contribution in [-0.4, -0.2) is 42.2 Å². The molecule has 1 aliphatic heterocycles. The molecule has 1 N–H and O–H groups in total. The van der Waals surface area contributed by atoms with Crippen molar-refractivity contribution >= 4 is 35.3 Å². The van der Waals surface area contributed by atoms with E-state index >= 15 is 0 Å². The summed E-state index contributed by atoms with van der Waals surface area (Å²) < 4.78 is 0. The SMILES string of the molecule is O=C([O-])CN1C(=O)[C@@H](N[C@H](CCc2ccccc2)C(=O)[O-])CSc2ccccc21.[Na+].[Na+]. The van der Waals surface area contributed by atoms with Crippen molar-refractivity contribution in [3.63, 3.8) is 0 Å². The molecule has 1 heterocycles. The molecule has 0 aromatic heterocycles. The van der Waals surface area contributed by atoms with Gasteiger partial charge in [0.25, 0.3) is 0 Å². The summed E-state index contributed by atoms with van der Waals surface area (Å²) >= 11 is 1.37. The maximum atomic E-state index is 13.0. The zero-order chi connectivity index (χ0) is 20.8. The number of benzene rings is 2. The van der Waals surface area contributed by atoms with Gasteiger partial charge >= 0.3 is 59.1 Å². The van der Waals surface area contributed by atoms with Gasteiger partial charge in [0.15, 0.2) is 0 Å². The zero-order valence-electron chi connectivity index (χ0n) is 17.6. The molecule has 2 aromatic rings. The maximum Gasteiger partial charge on any atom is 1.00 e. The van der Waals surface area contributed by atoms with Crippen molar-refractivity contribution in [3.05, 3.63) is 60.2 Å². The van der Waals surface area contributed by atoms with Crippen LogP contribution in [0.5, 0.6) is 0 Å². The fourth-order valence-electron chi connectivity index (χ4n) is 3.23. The fourth-order valence-corrected chi connectivity index (χ4v) is 4.32. The van der Waals surface area contributed by atoms with Crippen LogP contribution in [0, 0.1) is 0 Å². The Labute approximate surface area is 229 Å². The summed E-state index contributed by atoms with van der Waals surface area (Å²) in [5, 5.41) is 25.7. The van der Waals surface area contributed by atoms with Crippen molar-refractivity contribution in [2.75, 3.05) is 17.2 Å². The van der Waals surface area contributed by atoms with Gasteiger partial charge in [-0.25, -0.2) is 0 Å². The van der Waals surface area contributed by atoms with Gasteiger partial charge in [-0.15, -0.1) is 11.8 Å². The molecule has 0 radical (unpaired) electrons. The number of fused-ring (bicyclic) bond motifs is 1. The molecule has 0 unspecified atom stereocenters. The standard InChI is InChI=1S/C21H22N2O5S.2Na/c24-19(25)12-23-17-8-4-5-9-18(17)29-13-16(20(23)26)22-15(21(27)28)11-10-14-6-2-1-3-7-14;;/h1-9,15-16,22H,10-13H2,(H,24,25)(H,27,28);;/q;2*+1/p-2/t15-,16+;;/m1../s1. The van der Waals surface area contributed by atoms with E-state index in [4.69, 9.17) is 0 Å². The molecule has 0 fully saturated rings. The Kier molecular flexibility index (Phi) is 12.4. The first kappa shape index (κ1) is 28.2. The number of amides is 1. The van der Waals surface area contributed by atoms with Gasteiger partial charge in [-0.2, -0.15) is 0 Å². The Morgan fingerprint density at radius 2 is 1.71 bits per heavy atom. The van der Waals surface area contributed by atoms with E-state index in [0.717, 1.165) is 15.4 Å². The van der Waals surface area contributed by atoms with Crippen LogP contribution in [0.1, 0.15) is 12.0 Å². The molecule has 2 atom stereocenters. The number of para-hydroxylation sites is 1. The van der Waals surface area contributed by atoms with E-state index in [0.29, 0.717) is 12.1 Å². The Balaban J connectivity index is 0.00000240. The van der Waals surface area contributed by atoms with Crippen LogP contribution >= 0.6 is 11.8 Å². The molecule has 0 spiro atoms. The van der Waals surface area contributed by atoms with Gasteiger partial charge in [0.1, 0.15) is 0 Å². The zero-order valence-corrected chi connectivity index (χ0v) is 22.4. The van der Waals surface area contributed by atoms with Crippen molar-refractivity contribution in [2.24, 2.45) is 0 Å². The number of nitrogens with zero attached hydrogens (tertiary/aromatic N) is 1. The Bertz CT molecular complexity index is 900. The number of carbonyl (C=O) groups excluding carboxylic acids is 3. The summed E-state index contributed by atoms with van der Waals surface area (Å²) in [6.07, 6.45) is 0.748. The first-order valence-electron chi connectivity index (χ1n) is 9.19. The van der Waals surface area contributed by atoms with Gasteiger partial charge in [-0.3, -0.25) is 10.1 Å². The molecule has 10 heteroatoms. The topological polar surface area (TPSA) is 113 Å². The third kappa shape index (κ3) is 7.91. The van der Waals surface area contributed by atoms with Gasteiger partial charge in [0.05, 0.1) is 30.2 Å². The van der Waals surface area contributed by atoms with E-state index < -0.39 is 36.5 Å². The second kappa shape index (κ2) is 13.6. The predicted octanol–water partition coefficient (Wildman–Crippen LogP) is -6.41. The van der Waals surface area contributed by atoms with Crippen LogP contribution in [0.15, 0.2) is 59.5 Å². The average molecular weight is 458 g/mol. The summed E-state index contributed by atoms with van der Waals surface area (Å²) in [6, 6.07) is 14.5. The van der Waals surface area contributed by atoms with Gasteiger partial charge in [0.2, 0.25) is 5.91 Å². The van der Waals surface area contributed by atoms with Crippen molar-refractivity contribution in [1.82, 2.24) is 5.32 Å². The number of thioether (sulfide) groups is 1. The number of carbonyl (C=O) groups is 3. The molecule has 31 heavy (non-hydrogen) atoms. The van der Waals surface area contributed by atoms with Gasteiger partial charge in [-0.1, -0.05) is 42.5 Å². The largest absolute Gasteiger partial charge is 1.00 e. The summed E-state index contributed by atoms with van der Waals surface area (Å²) in [7, 11) is 0. The molecule has 0 saturated carbocycles. The third-order valence-corrected chi connectivity index (χ3v) is 5.82. The number of aliphatic carboxylic acids is 2. The molecule has 0 saturated heterocycles. The smallest absolute Gasteiger partial charge is 0.548 e. The number of carboxylic acids is 2. The minimum absolute atomic E-state index is 0. The van der Waals surface area contributed by atoms with E-state index in [1.54, 1.807) is 24.3 Å². The van der Waals surface area contributed by atoms with Crippen LogP contribution in [-0.2, 0) is 20.8 Å². The number of hydrogen-bond acceptors (Lipinski definition) is 7. The number of nitrogens with one attached hydrogen (secondary N) is 1. The Morgan fingerprint density at radius 3 is 2.35 bits per heavy atom. The normalized spacial score (nSPS) is 16.2. The number of anilines is 1. The monoisotopic (exact) mass is 458 g/mol. The van der Waals surface area contributed by atoms with Gasteiger partial charge in [0, 0.05) is 16.7 Å². The average Bonchev–Trinajstić information content (AvgIpc) is 2.83. The third-order valence-electron chi connectivity index (χ3n) is 4.66. The summed E-state index contributed by atoms with van der Waals surface area (Å²) in [4.78, 5) is 37.8. The van der Waals surface area contributed by atoms with Crippen LogP contribution in [0.4, 0.5) is 5.69 Å². The Hall–Kier alpha value is -0.840. The first-order valence-corrected chi connectivity index (χ1v) is 10.2. The van der Waals surface area contributed by atoms with E-state index in [1.165, 1.54) is 11.8 Å². The molecule has 1 aliphatic rings. The Morgan fingerprint density at radius 1 is 1.06 bits per heavy atom. The predicted molar refractivity (Wildman–Crippen MR) is 105 cm³/mol. The van der Waals surface area contributed by atoms with E-state index in [-0.39, 0.29) is 71.3 Å². The van der Waals surface area contributed by atoms with Crippen molar-refractivity contribution < 1.29 is 83.7 Å². The summed E-state index contributed by atoms with van der Waals surface area (Å²) in [5.74, 6) is -2.92. The quantitative estimate of drug-likeness (QED) is 0.392. The number of aryl methyl sites for hydroxylation is 1. The second-order valence-corrected chi connectivity index (χ2v) is 7.75. The van der Waals surface area contributed by atoms with Crippen molar-refractivity contribution in [3.8, 4) is 0 Å². The minimum Gasteiger partial charge on any atom is -0.548 e. The fraction of sp³-hybridized carbons (Fsp3) is 0.286. The van der Waals surface area contributed by atoms with E-state index in [9.17, 15) is 24.6 Å². The number of carboxylic acid groups (broad SMARTS) is 2. The van der Waals surface area contributed by atoms with E-state index in [2.05, 4.69) is 5.32 Å². The molecule has 152 valence electrons.